The van der Waals surface area contributed by atoms with E-state index in [2.05, 4.69) is 47.5 Å². The molecule has 28 heavy (non-hydrogen) atoms. The maximum absolute atomic E-state index is 12.3. The molecule has 0 saturated carbocycles. The van der Waals surface area contributed by atoms with Gasteiger partial charge in [0.2, 0.25) is 0 Å². The first kappa shape index (κ1) is 19.9. The predicted octanol–water partition coefficient (Wildman–Crippen LogP) is 4.13. The molecule has 0 aliphatic heterocycles. The number of nitrogens with one attached hydrogen (secondary N) is 1. The van der Waals surface area contributed by atoms with Crippen LogP contribution in [0.3, 0.4) is 0 Å². The summed E-state index contributed by atoms with van der Waals surface area (Å²) in [6.07, 6.45) is 3.04. The van der Waals surface area contributed by atoms with Gasteiger partial charge in [-0.05, 0) is 33.6 Å². The van der Waals surface area contributed by atoms with E-state index in [1.165, 1.54) is 18.3 Å². The summed E-state index contributed by atoms with van der Waals surface area (Å²) < 4.78 is 3.17. The zero-order valence-corrected chi connectivity index (χ0v) is 17.4. The van der Waals surface area contributed by atoms with Crippen LogP contribution in [0.2, 0.25) is 0 Å². The number of aromatic nitrogens is 2. The second kappa shape index (κ2) is 8.89. The largest absolute Gasteiger partial charge is 0.293 e. The molecule has 0 fully saturated rings. The van der Waals surface area contributed by atoms with Gasteiger partial charge >= 0.3 is 0 Å². The van der Waals surface area contributed by atoms with E-state index < -0.39 is 10.8 Å². The topological polar surface area (TPSA) is 102 Å². The fourth-order valence-corrected chi connectivity index (χ4v) is 3.11. The van der Waals surface area contributed by atoms with Gasteiger partial charge in [-0.25, -0.2) is 5.43 Å². The SMILES string of the molecule is O=C(NN=Cc1cccc([N+](=O)[O-])c1)c1nn(Cc2ccc(Br)cc2)cc1Br. The second-order valence-corrected chi connectivity index (χ2v) is 7.47. The van der Waals surface area contributed by atoms with E-state index >= 15 is 0 Å². The molecule has 0 bridgehead atoms. The van der Waals surface area contributed by atoms with Crippen LogP contribution in [0.15, 0.2) is 68.8 Å². The summed E-state index contributed by atoms with van der Waals surface area (Å²) in [5.41, 5.74) is 4.04. The monoisotopic (exact) mass is 505 g/mol. The van der Waals surface area contributed by atoms with Crippen molar-refractivity contribution in [2.24, 2.45) is 5.10 Å². The molecule has 0 saturated heterocycles. The van der Waals surface area contributed by atoms with Gasteiger partial charge in [-0.2, -0.15) is 10.2 Å². The van der Waals surface area contributed by atoms with Crippen molar-refractivity contribution in [1.82, 2.24) is 15.2 Å². The van der Waals surface area contributed by atoms with Crippen molar-refractivity contribution in [1.29, 1.82) is 0 Å². The number of carbonyl (C=O) groups is 1. The Balaban J connectivity index is 1.66. The lowest BCUT2D eigenvalue weighted by molar-refractivity contribution is -0.384. The molecule has 1 amide bonds. The minimum atomic E-state index is -0.497. The van der Waals surface area contributed by atoms with Crippen LogP contribution in [-0.4, -0.2) is 26.8 Å². The zero-order chi connectivity index (χ0) is 20.1. The van der Waals surface area contributed by atoms with Crippen molar-refractivity contribution in [2.45, 2.75) is 6.54 Å². The van der Waals surface area contributed by atoms with Crippen LogP contribution in [0, 0.1) is 10.1 Å². The Morgan fingerprint density at radius 3 is 2.71 bits per heavy atom. The van der Waals surface area contributed by atoms with Gasteiger partial charge in [0.05, 0.1) is 22.2 Å². The molecule has 0 aliphatic rings. The summed E-state index contributed by atoms with van der Waals surface area (Å²) in [4.78, 5) is 22.6. The molecule has 8 nitrogen and oxygen atoms in total. The number of non-ortho nitro benzene ring substituents is 1. The normalized spacial score (nSPS) is 10.9. The number of hydrazone groups is 1. The Labute approximate surface area is 176 Å². The molecule has 0 atom stereocenters. The van der Waals surface area contributed by atoms with Crippen LogP contribution in [0.25, 0.3) is 0 Å². The smallest absolute Gasteiger partial charge is 0.266 e. The summed E-state index contributed by atoms with van der Waals surface area (Å²) >= 11 is 6.71. The summed E-state index contributed by atoms with van der Waals surface area (Å²) in [5.74, 6) is -0.497. The highest BCUT2D eigenvalue weighted by Gasteiger charge is 2.15. The highest BCUT2D eigenvalue weighted by molar-refractivity contribution is 9.10. The molecule has 142 valence electrons. The Hall–Kier alpha value is -2.85. The van der Waals surface area contributed by atoms with Gasteiger partial charge in [0, 0.05) is 28.4 Å². The Kier molecular flexibility index (Phi) is 6.32. The molecule has 1 N–H and O–H groups in total. The van der Waals surface area contributed by atoms with E-state index in [1.54, 1.807) is 23.0 Å². The fraction of sp³-hybridized carbons (Fsp3) is 0.0556. The molecule has 0 radical (unpaired) electrons. The average molecular weight is 507 g/mol. The van der Waals surface area contributed by atoms with E-state index in [9.17, 15) is 14.9 Å². The van der Waals surface area contributed by atoms with Gasteiger partial charge in [0.1, 0.15) is 0 Å². The third kappa shape index (κ3) is 5.11. The molecule has 2 aromatic carbocycles. The Bertz CT molecular complexity index is 1050. The zero-order valence-electron chi connectivity index (χ0n) is 14.3. The third-order valence-corrected chi connectivity index (χ3v) is 4.76. The number of benzene rings is 2. The van der Waals surface area contributed by atoms with Gasteiger partial charge in [0.25, 0.3) is 11.6 Å². The molecule has 0 spiro atoms. The maximum Gasteiger partial charge on any atom is 0.293 e. The lowest BCUT2D eigenvalue weighted by Gasteiger charge is -2.02. The van der Waals surface area contributed by atoms with E-state index in [1.807, 2.05) is 24.3 Å². The molecule has 0 aliphatic carbocycles. The number of carbonyl (C=O) groups excluding carboxylic acids is 1. The number of nitro groups is 1. The average Bonchev–Trinajstić information content (AvgIpc) is 3.04. The molecule has 1 aromatic heterocycles. The quantitative estimate of drug-likeness (QED) is 0.308. The predicted molar refractivity (Wildman–Crippen MR) is 111 cm³/mol. The van der Waals surface area contributed by atoms with Gasteiger partial charge in [-0.15, -0.1) is 0 Å². The summed E-state index contributed by atoms with van der Waals surface area (Å²) in [6.45, 7) is 0.510. The molecule has 3 aromatic rings. The van der Waals surface area contributed by atoms with Crippen LogP contribution in [0.5, 0.6) is 0 Å². The lowest BCUT2D eigenvalue weighted by atomic mass is 10.2. The molecule has 10 heteroatoms. The first-order valence-electron chi connectivity index (χ1n) is 7.97. The number of amides is 1. The van der Waals surface area contributed by atoms with Crippen LogP contribution < -0.4 is 5.43 Å². The van der Waals surface area contributed by atoms with Gasteiger partial charge in [-0.1, -0.05) is 40.2 Å². The van der Waals surface area contributed by atoms with Gasteiger partial charge in [-0.3, -0.25) is 19.6 Å². The van der Waals surface area contributed by atoms with Crippen molar-refractivity contribution < 1.29 is 9.72 Å². The Morgan fingerprint density at radius 1 is 1.25 bits per heavy atom. The number of hydrogen-bond donors (Lipinski definition) is 1. The summed E-state index contributed by atoms with van der Waals surface area (Å²) in [7, 11) is 0. The van der Waals surface area contributed by atoms with Crippen LogP contribution in [-0.2, 0) is 6.54 Å². The molecular weight excluding hydrogens is 494 g/mol. The van der Waals surface area contributed by atoms with E-state index in [0.717, 1.165) is 10.0 Å². The first-order chi connectivity index (χ1) is 13.4. The third-order valence-electron chi connectivity index (χ3n) is 3.65. The van der Waals surface area contributed by atoms with Crippen molar-refractivity contribution in [3.63, 3.8) is 0 Å². The van der Waals surface area contributed by atoms with E-state index in [4.69, 9.17) is 0 Å². The molecule has 0 unspecified atom stereocenters. The lowest BCUT2D eigenvalue weighted by Crippen LogP contribution is -2.19. The van der Waals surface area contributed by atoms with Crippen molar-refractivity contribution in [3.05, 3.63) is 90.6 Å². The minimum Gasteiger partial charge on any atom is -0.266 e. The van der Waals surface area contributed by atoms with E-state index in [0.29, 0.717) is 16.6 Å². The molecular formula is C18H13Br2N5O3. The molecule has 1 heterocycles. The number of halogens is 2. The second-order valence-electron chi connectivity index (χ2n) is 5.70. The standard InChI is InChI=1S/C18H13Br2N5O3/c19-14-6-4-12(5-7-14)10-24-11-16(20)17(23-24)18(26)22-21-9-13-2-1-3-15(8-13)25(27)28/h1-9,11H,10H2,(H,22,26). The van der Waals surface area contributed by atoms with Crippen molar-refractivity contribution in [2.75, 3.05) is 0 Å². The van der Waals surface area contributed by atoms with E-state index in [-0.39, 0.29) is 11.4 Å². The highest BCUT2D eigenvalue weighted by atomic mass is 79.9. The number of nitro benzene ring substituents is 1. The number of rotatable bonds is 6. The summed E-state index contributed by atoms with van der Waals surface area (Å²) in [5, 5.41) is 18.9. The minimum absolute atomic E-state index is 0.0512. The van der Waals surface area contributed by atoms with Crippen LogP contribution >= 0.6 is 31.9 Å². The number of hydrogen-bond acceptors (Lipinski definition) is 5. The van der Waals surface area contributed by atoms with Crippen molar-refractivity contribution in [3.8, 4) is 0 Å². The van der Waals surface area contributed by atoms with Crippen LogP contribution in [0.1, 0.15) is 21.6 Å². The molecule has 3 rings (SSSR count). The maximum atomic E-state index is 12.3. The van der Waals surface area contributed by atoms with Crippen molar-refractivity contribution >= 4 is 49.7 Å². The summed E-state index contributed by atoms with van der Waals surface area (Å²) in [6, 6.07) is 13.7. The Morgan fingerprint density at radius 2 is 2.00 bits per heavy atom. The van der Waals surface area contributed by atoms with Gasteiger partial charge < -0.3 is 0 Å². The fourth-order valence-electron chi connectivity index (χ4n) is 2.35. The first-order valence-corrected chi connectivity index (χ1v) is 9.56. The van der Waals surface area contributed by atoms with Gasteiger partial charge in [0.15, 0.2) is 5.69 Å². The van der Waals surface area contributed by atoms with Crippen LogP contribution in [0.4, 0.5) is 5.69 Å². The number of nitrogens with zero attached hydrogens (tertiary/aromatic N) is 4. The highest BCUT2D eigenvalue weighted by Crippen LogP contribution is 2.17.